The molecule has 0 spiro atoms. The highest BCUT2D eigenvalue weighted by molar-refractivity contribution is 8.23. The summed E-state index contributed by atoms with van der Waals surface area (Å²) in [7, 11) is -1.84. The molecule has 30 heavy (non-hydrogen) atoms. The Morgan fingerprint density at radius 1 is 1.17 bits per heavy atom. The van der Waals surface area contributed by atoms with Crippen molar-refractivity contribution in [1.82, 2.24) is 10.0 Å². The fourth-order valence-electron chi connectivity index (χ4n) is 2.52. The molecule has 154 valence electrons. The molecule has 0 aliphatic rings. The van der Waals surface area contributed by atoms with Crippen LogP contribution in [0.3, 0.4) is 0 Å². The lowest BCUT2D eigenvalue weighted by molar-refractivity contribution is 0.0205. The van der Waals surface area contributed by atoms with Crippen molar-refractivity contribution in [3.63, 3.8) is 0 Å². The summed E-state index contributed by atoms with van der Waals surface area (Å²) in [6.07, 6.45) is 1.17. The van der Waals surface area contributed by atoms with Gasteiger partial charge in [0, 0.05) is 24.4 Å². The predicted molar refractivity (Wildman–Crippen MR) is 122 cm³/mol. The number of hydrogen-bond donors (Lipinski definition) is 1. The second-order valence-electron chi connectivity index (χ2n) is 6.24. The fraction of sp³-hybridized carbons (Fsp3) is 0.143. The molecule has 0 aliphatic heterocycles. The maximum absolute atomic E-state index is 11.7. The Balaban J connectivity index is 1.95. The van der Waals surface area contributed by atoms with Gasteiger partial charge in [-0.3, -0.25) is 5.21 Å². The van der Waals surface area contributed by atoms with Crippen LogP contribution in [0.2, 0.25) is 0 Å². The Morgan fingerprint density at radius 2 is 1.83 bits per heavy atom. The molecule has 2 aromatic carbocycles. The molecule has 1 aromatic heterocycles. The van der Waals surface area contributed by atoms with Gasteiger partial charge >= 0.3 is 0 Å². The van der Waals surface area contributed by atoms with E-state index in [1.54, 1.807) is 24.3 Å². The second kappa shape index (κ2) is 9.45. The normalized spacial score (nSPS) is 10.9. The fourth-order valence-corrected chi connectivity index (χ4v) is 3.78. The number of thiocarbonyl (C=S) groups is 1. The molecule has 0 saturated heterocycles. The molecule has 6 nitrogen and oxygen atoms in total. The van der Waals surface area contributed by atoms with Crippen LogP contribution in [0.5, 0.6) is 0 Å². The standard InChI is InChI=1S/C21H18N2O4S3/c1-23(24)21(28)29-14-6-9-18-22-19(20(27-18)16-7-4-3-5-8-16)15-10-12-17(13-11-15)30(2,25)26/h3-5,7-8,10-13,24H,14H2,1-2H3. The molecule has 0 atom stereocenters. The van der Waals surface area contributed by atoms with Crippen LogP contribution in [-0.2, 0) is 9.84 Å². The summed E-state index contributed by atoms with van der Waals surface area (Å²) in [4.78, 5) is 4.74. The minimum Gasteiger partial charge on any atom is -0.429 e. The molecule has 0 amide bonds. The Morgan fingerprint density at radius 3 is 2.43 bits per heavy atom. The highest BCUT2D eigenvalue weighted by Gasteiger charge is 2.17. The number of oxazole rings is 1. The minimum absolute atomic E-state index is 0.234. The molecule has 0 bridgehead atoms. The molecule has 0 fully saturated rings. The number of hydrogen-bond acceptors (Lipinski definition) is 7. The highest BCUT2D eigenvalue weighted by atomic mass is 32.2. The lowest BCUT2D eigenvalue weighted by Gasteiger charge is -2.07. The zero-order chi connectivity index (χ0) is 21.7. The van der Waals surface area contributed by atoms with Gasteiger partial charge in [0.15, 0.2) is 19.9 Å². The van der Waals surface area contributed by atoms with Gasteiger partial charge in [0.2, 0.25) is 0 Å². The van der Waals surface area contributed by atoms with Crippen LogP contribution in [0.25, 0.3) is 22.6 Å². The van der Waals surface area contributed by atoms with Crippen LogP contribution in [0, 0.1) is 11.8 Å². The largest absolute Gasteiger partial charge is 0.429 e. The number of thioether (sulfide) groups is 1. The van der Waals surface area contributed by atoms with Crippen LogP contribution in [-0.4, -0.2) is 47.0 Å². The van der Waals surface area contributed by atoms with Gasteiger partial charge in [0.1, 0.15) is 5.69 Å². The van der Waals surface area contributed by atoms with E-state index in [2.05, 4.69) is 16.8 Å². The number of aromatic nitrogens is 1. The van der Waals surface area contributed by atoms with E-state index in [1.165, 1.54) is 25.1 Å². The first-order valence-corrected chi connectivity index (χ1v) is 12.0. The van der Waals surface area contributed by atoms with Gasteiger partial charge < -0.3 is 4.42 Å². The maximum atomic E-state index is 11.7. The lowest BCUT2D eigenvalue weighted by atomic mass is 10.1. The molecule has 1 heterocycles. The Kier molecular flexibility index (Phi) is 6.95. The lowest BCUT2D eigenvalue weighted by Crippen LogP contribution is -2.17. The number of rotatable bonds is 4. The van der Waals surface area contributed by atoms with Crippen molar-refractivity contribution in [2.45, 2.75) is 4.90 Å². The third-order valence-corrected chi connectivity index (χ3v) is 6.49. The van der Waals surface area contributed by atoms with Crippen molar-refractivity contribution >= 4 is 38.1 Å². The summed E-state index contributed by atoms with van der Waals surface area (Å²) >= 11 is 6.21. The van der Waals surface area contributed by atoms with Crippen molar-refractivity contribution < 1.29 is 18.0 Å². The summed E-state index contributed by atoms with van der Waals surface area (Å²) in [5.41, 5.74) is 2.12. The smallest absolute Gasteiger partial charge is 0.274 e. The van der Waals surface area contributed by atoms with E-state index in [0.717, 1.165) is 16.2 Å². The summed E-state index contributed by atoms with van der Waals surface area (Å²) in [5, 5.41) is 10.1. The van der Waals surface area contributed by atoms with Crippen molar-refractivity contribution in [3.8, 4) is 34.4 Å². The molecule has 0 unspecified atom stereocenters. The van der Waals surface area contributed by atoms with Crippen LogP contribution in [0.4, 0.5) is 0 Å². The van der Waals surface area contributed by atoms with Crippen molar-refractivity contribution in [2.75, 3.05) is 19.1 Å². The number of sulfone groups is 1. The van der Waals surface area contributed by atoms with E-state index in [0.29, 0.717) is 21.5 Å². The average Bonchev–Trinajstić information content (AvgIpc) is 3.15. The molecule has 9 heteroatoms. The molecule has 0 aliphatic carbocycles. The third kappa shape index (κ3) is 5.49. The van der Waals surface area contributed by atoms with Crippen molar-refractivity contribution in [1.29, 1.82) is 0 Å². The highest BCUT2D eigenvalue weighted by Crippen LogP contribution is 2.33. The molecular weight excluding hydrogens is 440 g/mol. The van der Waals surface area contributed by atoms with Crippen LogP contribution in [0.15, 0.2) is 63.9 Å². The number of nitrogens with zero attached hydrogens (tertiary/aromatic N) is 2. The number of benzene rings is 2. The van der Waals surface area contributed by atoms with E-state index in [4.69, 9.17) is 16.6 Å². The van der Waals surface area contributed by atoms with Gasteiger partial charge in [0.25, 0.3) is 5.89 Å². The first-order valence-electron chi connectivity index (χ1n) is 8.70. The predicted octanol–water partition coefficient (Wildman–Crippen LogP) is 4.10. The molecule has 3 aromatic rings. The van der Waals surface area contributed by atoms with Gasteiger partial charge in [0.05, 0.1) is 10.6 Å². The van der Waals surface area contributed by atoms with E-state index in [9.17, 15) is 13.6 Å². The van der Waals surface area contributed by atoms with Gasteiger partial charge in [-0.1, -0.05) is 72.4 Å². The zero-order valence-corrected chi connectivity index (χ0v) is 18.6. The monoisotopic (exact) mass is 458 g/mol. The Bertz CT molecular complexity index is 1210. The SMILES string of the molecule is CN(O)C(=S)SCC#Cc1nc(-c2ccc(S(C)(=O)=O)cc2)c(-c2ccccc2)o1. The Hall–Kier alpha value is -2.64. The first-order chi connectivity index (χ1) is 14.3. The quantitative estimate of drug-likeness (QED) is 0.355. The number of hydroxylamine groups is 2. The summed E-state index contributed by atoms with van der Waals surface area (Å²) in [5.74, 6) is 6.93. The van der Waals surface area contributed by atoms with E-state index < -0.39 is 9.84 Å². The Labute approximate surface area is 184 Å². The van der Waals surface area contributed by atoms with Crippen LogP contribution < -0.4 is 0 Å². The van der Waals surface area contributed by atoms with Gasteiger partial charge in [-0.25, -0.2) is 18.5 Å². The van der Waals surface area contributed by atoms with Crippen molar-refractivity contribution in [2.24, 2.45) is 0 Å². The summed E-state index contributed by atoms with van der Waals surface area (Å²) in [6, 6.07) is 16.0. The molecule has 0 radical (unpaired) electrons. The second-order valence-corrected chi connectivity index (χ2v) is 9.86. The zero-order valence-electron chi connectivity index (χ0n) is 16.2. The average molecular weight is 459 g/mol. The van der Waals surface area contributed by atoms with E-state index in [-0.39, 0.29) is 10.8 Å². The van der Waals surface area contributed by atoms with Crippen LogP contribution >= 0.6 is 24.0 Å². The minimum atomic E-state index is -3.29. The van der Waals surface area contributed by atoms with Gasteiger partial charge in [-0.2, -0.15) is 0 Å². The molecular formula is C21H18N2O4S3. The van der Waals surface area contributed by atoms with E-state index in [1.807, 2.05) is 30.3 Å². The van der Waals surface area contributed by atoms with Crippen LogP contribution in [0.1, 0.15) is 5.89 Å². The first kappa shape index (κ1) is 22.1. The topological polar surface area (TPSA) is 83.6 Å². The molecule has 3 rings (SSSR count). The maximum Gasteiger partial charge on any atom is 0.274 e. The summed E-state index contributed by atoms with van der Waals surface area (Å²) in [6.45, 7) is 0. The van der Waals surface area contributed by atoms with E-state index >= 15 is 0 Å². The molecule has 1 N–H and O–H groups in total. The van der Waals surface area contributed by atoms with Crippen molar-refractivity contribution in [3.05, 3.63) is 60.5 Å². The van der Waals surface area contributed by atoms with Gasteiger partial charge in [-0.15, -0.1) is 0 Å². The third-order valence-electron chi connectivity index (χ3n) is 3.95. The van der Waals surface area contributed by atoms with Gasteiger partial charge in [-0.05, 0) is 18.1 Å². The molecule has 0 saturated carbocycles. The summed E-state index contributed by atoms with van der Waals surface area (Å²) < 4.78 is 29.7.